The van der Waals surface area contributed by atoms with Gasteiger partial charge >= 0.3 is 0 Å². The average Bonchev–Trinajstić information content (AvgIpc) is 2.27. The maximum Gasteiger partial charge on any atom is 0.0214 e. The molecular weight excluding hydrogens is 184 g/mol. The number of hydrogen-bond acceptors (Lipinski definition) is 2. The lowest BCUT2D eigenvalue weighted by Crippen LogP contribution is -2.41. The summed E-state index contributed by atoms with van der Waals surface area (Å²) in [4.78, 5) is 2.56. The topological polar surface area (TPSA) is 15.3 Å². The molecule has 0 amide bonds. The van der Waals surface area contributed by atoms with Crippen molar-refractivity contribution in [3.8, 4) is 0 Å². The van der Waals surface area contributed by atoms with Gasteiger partial charge in [0, 0.05) is 19.1 Å². The first kappa shape index (κ1) is 13.0. The highest BCUT2D eigenvalue weighted by molar-refractivity contribution is 4.74. The smallest absolute Gasteiger partial charge is 0.0214 e. The average molecular weight is 212 g/mol. The normalized spacial score (nSPS) is 20.8. The van der Waals surface area contributed by atoms with Crippen molar-refractivity contribution in [2.75, 3.05) is 27.2 Å². The zero-order valence-corrected chi connectivity index (χ0v) is 10.8. The van der Waals surface area contributed by atoms with Crippen molar-refractivity contribution in [1.29, 1.82) is 0 Å². The third-order valence-electron chi connectivity index (χ3n) is 3.81. The molecule has 2 nitrogen and oxygen atoms in total. The minimum atomic E-state index is 0.719. The Balaban J connectivity index is 2.27. The van der Waals surface area contributed by atoms with Gasteiger partial charge in [-0.2, -0.15) is 0 Å². The predicted molar refractivity (Wildman–Crippen MR) is 67.2 cm³/mol. The van der Waals surface area contributed by atoms with E-state index in [4.69, 9.17) is 0 Å². The minimum absolute atomic E-state index is 0.719. The maximum absolute atomic E-state index is 3.30. The second kappa shape index (κ2) is 7.24. The molecule has 1 unspecified atom stereocenters. The second-order valence-corrected chi connectivity index (χ2v) is 5.06. The lowest BCUT2D eigenvalue weighted by atomic mass is 9.88. The van der Waals surface area contributed by atoms with Gasteiger partial charge < -0.3 is 10.2 Å². The van der Waals surface area contributed by atoms with Crippen LogP contribution < -0.4 is 5.32 Å². The van der Waals surface area contributed by atoms with Crippen LogP contribution in [-0.4, -0.2) is 38.1 Å². The van der Waals surface area contributed by atoms with Gasteiger partial charge in [-0.1, -0.05) is 26.2 Å². The summed E-state index contributed by atoms with van der Waals surface area (Å²) in [6.07, 6.45) is 8.56. The summed E-state index contributed by atoms with van der Waals surface area (Å²) in [7, 11) is 4.34. The molecule has 0 heterocycles. The molecule has 0 aromatic heterocycles. The molecule has 0 aliphatic heterocycles. The highest BCUT2D eigenvalue weighted by Gasteiger charge is 2.18. The van der Waals surface area contributed by atoms with Crippen molar-refractivity contribution in [2.24, 2.45) is 5.92 Å². The molecule has 1 N–H and O–H groups in total. The Kier molecular flexibility index (Phi) is 6.26. The summed E-state index contributed by atoms with van der Waals surface area (Å²) in [5.74, 6) is 0.967. The summed E-state index contributed by atoms with van der Waals surface area (Å²) < 4.78 is 0. The number of likely N-dealkylation sites (N-methyl/N-ethyl adjacent to an activating group) is 2. The largest absolute Gasteiger partial charge is 0.318 e. The first-order valence-electron chi connectivity index (χ1n) is 6.62. The zero-order chi connectivity index (χ0) is 11.1. The van der Waals surface area contributed by atoms with Crippen LogP contribution in [0.3, 0.4) is 0 Å². The van der Waals surface area contributed by atoms with Gasteiger partial charge in [0.2, 0.25) is 0 Å². The van der Waals surface area contributed by atoms with Gasteiger partial charge in [0.1, 0.15) is 0 Å². The summed E-state index contributed by atoms with van der Waals surface area (Å²) in [5, 5.41) is 3.30. The van der Waals surface area contributed by atoms with Gasteiger partial charge in [-0.05, 0) is 39.3 Å². The second-order valence-electron chi connectivity index (χ2n) is 5.06. The molecule has 0 saturated heterocycles. The van der Waals surface area contributed by atoms with Crippen molar-refractivity contribution in [1.82, 2.24) is 10.2 Å². The SMILES string of the molecule is CCC(CNC)N(C)CC1CCCCC1. The van der Waals surface area contributed by atoms with Crippen LogP contribution in [0.1, 0.15) is 45.4 Å². The number of rotatable bonds is 6. The molecule has 0 spiro atoms. The molecule has 1 aliphatic carbocycles. The molecule has 0 aromatic rings. The molecule has 0 radical (unpaired) electrons. The van der Waals surface area contributed by atoms with E-state index in [0.29, 0.717) is 0 Å². The Labute approximate surface area is 95.4 Å². The molecule has 0 aromatic carbocycles. The molecule has 2 heteroatoms. The summed E-state index contributed by atoms with van der Waals surface area (Å²) in [6.45, 7) is 4.72. The van der Waals surface area contributed by atoms with Gasteiger partial charge in [0.15, 0.2) is 0 Å². The van der Waals surface area contributed by atoms with E-state index in [2.05, 4.69) is 31.2 Å². The van der Waals surface area contributed by atoms with Crippen LogP contribution in [-0.2, 0) is 0 Å². The van der Waals surface area contributed by atoms with E-state index < -0.39 is 0 Å². The minimum Gasteiger partial charge on any atom is -0.318 e. The summed E-state index contributed by atoms with van der Waals surface area (Å²) >= 11 is 0. The Morgan fingerprint density at radius 1 is 1.27 bits per heavy atom. The zero-order valence-electron chi connectivity index (χ0n) is 10.8. The Bertz CT molecular complexity index is 153. The van der Waals surface area contributed by atoms with Crippen molar-refractivity contribution in [3.05, 3.63) is 0 Å². The van der Waals surface area contributed by atoms with Gasteiger partial charge in [-0.15, -0.1) is 0 Å². The molecule has 0 bridgehead atoms. The molecule has 1 fully saturated rings. The third kappa shape index (κ3) is 4.52. The summed E-state index contributed by atoms with van der Waals surface area (Å²) in [5.41, 5.74) is 0. The quantitative estimate of drug-likeness (QED) is 0.728. The van der Waals surface area contributed by atoms with Crippen LogP contribution in [0.15, 0.2) is 0 Å². The van der Waals surface area contributed by atoms with Crippen LogP contribution in [0.5, 0.6) is 0 Å². The van der Waals surface area contributed by atoms with Gasteiger partial charge in [0.05, 0.1) is 0 Å². The molecule has 1 aliphatic rings. The Hall–Kier alpha value is -0.0800. The predicted octanol–water partition coefficient (Wildman–Crippen LogP) is 2.50. The molecule has 1 atom stereocenters. The fourth-order valence-electron chi connectivity index (χ4n) is 2.77. The Morgan fingerprint density at radius 2 is 1.93 bits per heavy atom. The van der Waals surface area contributed by atoms with Crippen molar-refractivity contribution < 1.29 is 0 Å². The van der Waals surface area contributed by atoms with Crippen LogP contribution in [0.25, 0.3) is 0 Å². The van der Waals surface area contributed by atoms with E-state index in [9.17, 15) is 0 Å². The van der Waals surface area contributed by atoms with Crippen LogP contribution in [0.2, 0.25) is 0 Å². The number of nitrogens with zero attached hydrogens (tertiary/aromatic N) is 1. The fraction of sp³-hybridized carbons (Fsp3) is 1.00. The molecular formula is C13H28N2. The van der Waals surface area contributed by atoms with E-state index in [-0.39, 0.29) is 0 Å². The van der Waals surface area contributed by atoms with Crippen molar-refractivity contribution >= 4 is 0 Å². The number of nitrogens with one attached hydrogen (secondary N) is 1. The third-order valence-corrected chi connectivity index (χ3v) is 3.81. The van der Waals surface area contributed by atoms with E-state index in [1.165, 1.54) is 45.1 Å². The summed E-state index contributed by atoms with van der Waals surface area (Å²) in [6, 6.07) is 0.719. The highest BCUT2D eigenvalue weighted by atomic mass is 15.1. The van der Waals surface area contributed by atoms with E-state index in [1.54, 1.807) is 0 Å². The van der Waals surface area contributed by atoms with Crippen LogP contribution in [0.4, 0.5) is 0 Å². The van der Waals surface area contributed by atoms with Crippen molar-refractivity contribution in [3.63, 3.8) is 0 Å². The van der Waals surface area contributed by atoms with Crippen molar-refractivity contribution in [2.45, 2.75) is 51.5 Å². The number of hydrogen-bond donors (Lipinski definition) is 1. The molecule has 1 saturated carbocycles. The first-order valence-corrected chi connectivity index (χ1v) is 6.62. The lowest BCUT2D eigenvalue weighted by molar-refractivity contribution is 0.176. The van der Waals surface area contributed by atoms with Crippen LogP contribution >= 0.6 is 0 Å². The molecule has 90 valence electrons. The Morgan fingerprint density at radius 3 is 2.47 bits per heavy atom. The van der Waals surface area contributed by atoms with Gasteiger partial charge in [-0.3, -0.25) is 0 Å². The van der Waals surface area contributed by atoms with E-state index in [1.807, 2.05) is 0 Å². The van der Waals surface area contributed by atoms with E-state index in [0.717, 1.165) is 18.5 Å². The fourth-order valence-corrected chi connectivity index (χ4v) is 2.77. The monoisotopic (exact) mass is 212 g/mol. The molecule has 15 heavy (non-hydrogen) atoms. The highest BCUT2D eigenvalue weighted by Crippen LogP contribution is 2.24. The first-order chi connectivity index (χ1) is 7.27. The van der Waals surface area contributed by atoms with Gasteiger partial charge in [-0.25, -0.2) is 0 Å². The lowest BCUT2D eigenvalue weighted by Gasteiger charge is -2.32. The van der Waals surface area contributed by atoms with Gasteiger partial charge in [0.25, 0.3) is 0 Å². The van der Waals surface area contributed by atoms with E-state index >= 15 is 0 Å². The van der Waals surface area contributed by atoms with Crippen LogP contribution in [0, 0.1) is 5.92 Å². The molecule has 1 rings (SSSR count). The standard InChI is InChI=1S/C13H28N2/c1-4-13(10-14-2)15(3)11-12-8-6-5-7-9-12/h12-14H,4-11H2,1-3H3. The maximum atomic E-state index is 3.30.